The van der Waals surface area contributed by atoms with Gasteiger partial charge in [-0.05, 0) is 12.1 Å². The van der Waals surface area contributed by atoms with Crippen LogP contribution >= 0.6 is 0 Å². The first-order chi connectivity index (χ1) is 7.15. The van der Waals surface area contributed by atoms with Crippen LogP contribution in [0.2, 0.25) is 0 Å². The summed E-state index contributed by atoms with van der Waals surface area (Å²) in [5, 5.41) is 18.3. The minimum atomic E-state index is -0.678. The van der Waals surface area contributed by atoms with Crippen LogP contribution in [0.4, 0.5) is 0 Å². The second-order valence-corrected chi connectivity index (χ2v) is 2.79. The molecule has 5 heteroatoms. The number of aromatic hydroxyl groups is 1. The van der Waals surface area contributed by atoms with E-state index in [-0.39, 0.29) is 29.0 Å². The number of nitrogens with two attached hydrogens (primary N) is 1. The quantitative estimate of drug-likeness (QED) is 0.687. The fourth-order valence-electron chi connectivity index (χ4n) is 1.27. The number of methoxy groups -OCH3 is 1. The van der Waals surface area contributed by atoms with E-state index in [2.05, 4.69) is 4.74 Å². The molecule has 0 bridgehead atoms. The van der Waals surface area contributed by atoms with Crippen LogP contribution in [0.15, 0.2) is 12.1 Å². The zero-order chi connectivity index (χ0) is 11.4. The second-order valence-electron chi connectivity index (χ2n) is 2.79. The molecule has 1 aromatic carbocycles. The molecule has 0 unspecified atom stereocenters. The first-order valence-corrected chi connectivity index (χ1v) is 4.19. The molecule has 78 valence electrons. The van der Waals surface area contributed by atoms with Gasteiger partial charge in [-0.25, -0.2) is 4.79 Å². The van der Waals surface area contributed by atoms with E-state index in [1.54, 1.807) is 0 Å². The van der Waals surface area contributed by atoms with Crippen molar-refractivity contribution in [3.8, 4) is 11.8 Å². The summed E-state index contributed by atoms with van der Waals surface area (Å²) >= 11 is 0. The van der Waals surface area contributed by atoms with E-state index in [1.807, 2.05) is 6.07 Å². The second kappa shape index (κ2) is 4.44. The van der Waals surface area contributed by atoms with Crippen LogP contribution in [-0.2, 0) is 11.3 Å². The van der Waals surface area contributed by atoms with Gasteiger partial charge in [0.05, 0.1) is 18.2 Å². The fraction of sp³-hybridized carbons (Fsp3) is 0.200. The number of phenols is 1. The summed E-state index contributed by atoms with van der Waals surface area (Å²) < 4.78 is 4.52. The third kappa shape index (κ3) is 1.90. The number of rotatable bonds is 2. The Balaban J connectivity index is 3.49. The Bertz CT molecular complexity index is 435. The van der Waals surface area contributed by atoms with Gasteiger partial charge in [0.2, 0.25) is 0 Å². The zero-order valence-electron chi connectivity index (χ0n) is 8.15. The highest BCUT2D eigenvalue weighted by Gasteiger charge is 2.19. The summed E-state index contributed by atoms with van der Waals surface area (Å²) in [5.74, 6) is -0.792. The van der Waals surface area contributed by atoms with E-state index in [4.69, 9.17) is 11.0 Å². The van der Waals surface area contributed by atoms with E-state index in [9.17, 15) is 9.90 Å². The van der Waals surface area contributed by atoms with E-state index < -0.39 is 5.97 Å². The molecule has 0 saturated heterocycles. The molecular formula is C10H10N2O3. The molecule has 5 nitrogen and oxygen atoms in total. The van der Waals surface area contributed by atoms with Crippen molar-refractivity contribution in [2.45, 2.75) is 6.54 Å². The monoisotopic (exact) mass is 206 g/mol. The molecule has 0 radical (unpaired) electrons. The lowest BCUT2D eigenvalue weighted by Gasteiger charge is -2.09. The molecule has 0 amide bonds. The van der Waals surface area contributed by atoms with Crippen molar-refractivity contribution in [2.24, 2.45) is 5.73 Å². The van der Waals surface area contributed by atoms with E-state index >= 15 is 0 Å². The first kappa shape index (κ1) is 11.0. The number of nitriles is 1. The lowest BCUT2D eigenvalue weighted by atomic mass is 10.0. The topological polar surface area (TPSA) is 96.3 Å². The maximum Gasteiger partial charge on any atom is 0.339 e. The molecule has 0 saturated carbocycles. The van der Waals surface area contributed by atoms with Crippen LogP contribution in [0.5, 0.6) is 5.75 Å². The molecule has 0 aromatic heterocycles. The standard InChI is InChI=1S/C10H10N2O3/c1-15-10(14)9-6(4-11)2-3-8(13)7(9)5-12/h2-3,13H,5,12H2,1H3. The molecule has 0 atom stereocenters. The number of ether oxygens (including phenoxy) is 1. The van der Waals surface area contributed by atoms with Crippen LogP contribution in [0, 0.1) is 11.3 Å². The third-order valence-electron chi connectivity index (χ3n) is 2.00. The van der Waals surface area contributed by atoms with Crippen LogP contribution in [0.3, 0.4) is 0 Å². The van der Waals surface area contributed by atoms with Gasteiger partial charge in [0, 0.05) is 12.1 Å². The number of esters is 1. The maximum absolute atomic E-state index is 11.4. The normalized spacial score (nSPS) is 9.40. The number of hydrogen-bond acceptors (Lipinski definition) is 5. The smallest absolute Gasteiger partial charge is 0.339 e. The Morgan fingerprint density at radius 2 is 2.33 bits per heavy atom. The highest BCUT2D eigenvalue weighted by Crippen LogP contribution is 2.24. The molecule has 0 aliphatic carbocycles. The summed E-state index contributed by atoms with van der Waals surface area (Å²) in [6, 6.07) is 4.52. The predicted molar refractivity (Wildman–Crippen MR) is 52.1 cm³/mol. The molecule has 0 aliphatic rings. The minimum absolute atomic E-state index is 0.0301. The van der Waals surface area contributed by atoms with Gasteiger partial charge >= 0.3 is 5.97 Å². The lowest BCUT2D eigenvalue weighted by Crippen LogP contribution is -2.11. The van der Waals surface area contributed by atoms with Gasteiger partial charge in [0.25, 0.3) is 0 Å². The fourth-order valence-corrected chi connectivity index (χ4v) is 1.27. The first-order valence-electron chi connectivity index (χ1n) is 4.19. The Kier molecular flexibility index (Phi) is 3.26. The van der Waals surface area contributed by atoms with Crippen LogP contribution < -0.4 is 5.73 Å². The summed E-state index contributed by atoms with van der Waals surface area (Å²) in [7, 11) is 1.20. The zero-order valence-corrected chi connectivity index (χ0v) is 8.15. The summed E-state index contributed by atoms with van der Waals surface area (Å²) in [4.78, 5) is 11.4. The number of carbonyl (C=O) groups is 1. The number of nitrogens with zero attached hydrogens (tertiary/aromatic N) is 1. The molecule has 3 N–H and O–H groups in total. The molecule has 0 aliphatic heterocycles. The summed E-state index contributed by atoms with van der Waals surface area (Å²) in [6.07, 6.45) is 0. The van der Waals surface area contributed by atoms with E-state index in [0.29, 0.717) is 0 Å². The van der Waals surface area contributed by atoms with Crippen molar-refractivity contribution in [3.05, 3.63) is 28.8 Å². The van der Waals surface area contributed by atoms with Crippen molar-refractivity contribution in [2.75, 3.05) is 7.11 Å². The van der Waals surface area contributed by atoms with Crippen LogP contribution in [-0.4, -0.2) is 18.2 Å². The summed E-state index contributed by atoms with van der Waals surface area (Å²) in [6.45, 7) is -0.0359. The van der Waals surface area contributed by atoms with Gasteiger partial charge < -0.3 is 15.6 Å². The van der Waals surface area contributed by atoms with Gasteiger partial charge in [0.1, 0.15) is 11.8 Å². The van der Waals surface area contributed by atoms with Crippen LogP contribution in [0.25, 0.3) is 0 Å². The molecule has 1 aromatic rings. The maximum atomic E-state index is 11.4. The third-order valence-corrected chi connectivity index (χ3v) is 2.00. The Hall–Kier alpha value is -2.06. The molecule has 0 fully saturated rings. The van der Waals surface area contributed by atoms with Gasteiger partial charge in [-0.3, -0.25) is 0 Å². The molecule has 15 heavy (non-hydrogen) atoms. The minimum Gasteiger partial charge on any atom is -0.508 e. The predicted octanol–water partition coefficient (Wildman–Crippen LogP) is 0.509. The summed E-state index contributed by atoms with van der Waals surface area (Å²) in [5.41, 5.74) is 5.78. The van der Waals surface area contributed by atoms with Crippen molar-refractivity contribution >= 4 is 5.97 Å². The number of hydrogen-bond donors (Lipinski definition) is 2. The highest BCUT2D eigenvalue weighted by molar-refractivity contribution is 5.94. The van der Waals surface area contributed by atoms with E-state index in [1.165, 1.54) is 19.2 Å². The van der Waals surface area contributed by atoms with Crippen molar-refractivity contribution < 1.29 is 14.6 Å². The molecule has 1 rings (SSSR count). The van der Waals surface area contributed by atoms with Crippen molar-refractivity contribution in [3.63, 3.8) is 0 Å². The lowest BCUT2D eigenvalue weighted by molar-refractivity contribution is 0.0598. The van der Waals surface area contributed by atoms with Gasteiger partial charge in [-0.1, -0.05) is 0 Å². The van der Waals surface area contributed by atoms with E-state index in [0.717, 1.165) is 0 Å². The highest BCUT2D eigenvalue weighted by atomic mass is 16.5. The number of benzene rings is 1. The Morgan fingerprint density at radius 1 is 1.67 bits per heavy atom. The van der Waals surface area contributed by atoms with Gasteiger partial charge in [-0.2, -0.15) is 5.26 Å². The Morgan fingerprint density at radius 3 is 2.80 bits per heavy atom. The molecule has 0 heterocycles. The number of phenolic OH excluding ortho intramolecular Hbond substituents is 1. The van der Waals surface area contributed by atoms with Crippen LogP contribution in [0.1, 0.15) is 21.5 Å². The van der Waals surface area contributed by atoms with Gasteiger partial charge in [0.15, 0.2) is 0 Å². The average Bonchev–Trinajstić information content (AvgIpc) is 2.27. The largest absolute Gasteiger partial charge is 0.508 e. The molecule has 0 spiro atoms. The Labute approximate surface area is 86.7 Å². The average molecular weight is 206 g/mol. The molecular weight excluding hydrogens is 196 g/mol. The van der Waals surface area contributed by atoms with Gasteiger partial charge in [-0.15, -0.1) is 0 Å². The van der Waals surface area contributed by atoms with Crippen molar-refractivity contribution in [1.82, 2.24) is 0 Å². The SMILES string of the molecule is COC(=O)c1c(C#N)ccc(O)c1CN. The van der Waals surface area contributed by atoms with Crippen molar-refractivity contribution in [1.29, 1.82) is 5.26 Å². The number of carbonyl (C=O) groups excluding carboxylic acids is 1.